The van der Waals surface area contributed by atoms with Gasteiger partial charge in [0.05, 0.1) is 32.5 Å². The predicted octanol–water partition coefficient (Wildman–Crippen LogP) is 4.03. The van der Waals surface area contributed by atoms with Crippen LogP contribution in [0.5, 0.6) is 11.5 Å². The summed E-state index contributed by atoms with van der Waals surface area (Å²) in [5.41, 5.74) is 2.16. The molecule has 2 aromatic carbocycles. The van der Waals surface area contributed by atoms with Crippen LogP contribution in [0, 0.1) is 5.82 Å². The van der Waals surface area contributed by atoms with Crippen LogP contribution in [0.15, 0.2) is 60.8 Å². The molecule has 1 heterocycles. The summed E-state index contributed by atoms with van der Waals surface area (Å²) in [5.74, 6) is 1.02. The molecule has 0 radical (unpaired) electrons. The van der Waals surface area contributed by atoms with Crippen LogP contribution >= 0.6 is 0 Å². The molecule has 0 aliphatic rings. The number of aromatic nitrogens is 1. The summed E-state index contributed by atoms with van der Waals surface area (Å²) >= 11 is 0. The Morgan fingerprint density at radius 1 is 1.03 bits per heavy atom. The maximum Gasteiger partial charge on any atom is 0.230 e. The zero-order valence-electron chi connectivity index (χ0n) is 16.2. The molecule has 29 heavy (non-hydrogen) atoms. The van der Waals surface area contributed by atoms with E-state index in [0.29, 0.717) is 29.4 Å². The lowest BCUT2D eigenvalue weighted by Gasteiger charge is -2.11. The van der Waals surface area contributed by atoms with E-state index in [2.05, 4.69) is 15.6 Å². The van der Waals surface area contributed by atoms with Crippen molar-refractivity contribution in [2.24, 2.45) is 0 Å². The van der Waals surface area contributed by atoms with Crippen LogP contribution in [0.3, 0.4) is 0 Å². The fourth-order valence-corrected chi connectivity index (χ4v) is 2.77. The number of hydrogen-bond donors (Lipinski definition) is 2. The SMILES string of the molecule is COc1ccc(CNc2ccc(NC(=O)Cc3ccccc3F)nc2)cc1OC. The van der Waals surface area contributed by atoms with E-state index in [-0.39, 0.29) is 12.3 Å². The molecule has 6 nitrogen and oxygen atoms in total. The maximum absolute atomic E-state index is 13.6. The maximum atomic E-state index is 13.6. The van der Waals surface area contributed by atoms with Gasteiger partial charge in [0.25, 0.3) is 0 Å². The van der Waals surface area contributed by atoms with Gasteiger partial charge in [-0.2, -0.15) is 0 Å². The second-order valence-electron chi connectivity index (χ2n) is 6.29. The smallest absolute Gasteiger partial charge is 0.230 e. The van der Waals surface area contributed by atoms with Crippen LogP contribution in [-0.2, 0) is 17.8 Å². The highest BCUT2D eigenvalue weighted by atomic mass is 19.1. The van der Waals surface area contributed by atoms with Gasteiger partial charge in [-0.3, -0.25) is 4.79 Å². The molecule has 0 fully saturated rings. The molecule has 0 aliphatic heterocycles. The standard InChI is InChI=1S/C22H22FN3O3/c1-28-19-9-7-15(11-20(19)29-2)13-24-17-8-10-21(25-14-17)26-22(27)12-16-5-3-4-6-18(16)23/h3-11,14,24H,12-13H2,1-2H3,(H,25,26,27). The Morgan fingerprint density at radius 3 is 2.52 bits per heavy atom. The van der Waals surface area contributed by atoms with Gasteiger partial charge in [-0.25, -0.2) is 9.37 Å². The molecule has 0 spiro atoms. The van der Waals surface area contributed by atoms with Gasteiger partial charge in [0, 0.05) is 6.54 Å². The van der Waals surface area contributed by atoms with Crippen LogP contribution in [-0.4, -0.2) is 25.1 Å². The van der Waals surface area contributed by atoms with Crippen molar-refractivity contribution in [3.05, 3.63) is 77.7 Å². The third-order valence-corrected chi connectivity index (χ3v) is 4.28. The number of hydrogen-bond acceptors (Lipinski definition) is 5. The molecule has 7 heteroatoms. The van der Waals surface area contributed by atoms with Gasteiger partial charge in [0.2, 0.25) is 5.91 Å². The monoisotopic (exact) mass is 395 g/mol. The molecular formula is C22H22FN3O3. The molecule has 150 valence electrons. The minimum Gasteiger partial charge on any atom is -0.493 e. The summed E-state index contributed by atoms with van der Waals surface area (Å²) < 4.78 is 24.2. The zero-order valence-corrected chi connectivity index (χ0v) is 16.2. The third-order valence-electron chi connectivity index (χ3n) is 4.28. The van der Waals surface area contributed by atoms with Gasteiger partial charge in [0.15, 0.2) is 11.5 Å². The first-order valence-corrected chi connectivity index (χ1v) is 9.03. The summed E-state index contributed by atoms with van der Waals surface area (Å²) in [4.78, 5) is 16.3. The number of anilines is 2. The van der Waals surface area contributed by atoms with Crippen molar-refractivity contribution in [2.75, 3.05) is 24.9 Å². The van der Waals surface area contributed by atoms with E-state index in [1.165, 1.54) is 6.07 Å². The number of carbonyl (C=O) groups is 1. The van der Waals surface area contributed by atoms with Crippen LogP contribution in [0.1, 0.15) is 11.1 Å². The molecule has 1 aromatic heterocycles. The summed E-state index contributed by atoms with van der Waals surface area (Å²) in [6.07, 6.45) is 1.58. The molecule has 0 saturated carbocycles. The first-order valence-electron chi connectivity index (χ1n) is 9.03. The average Bonchev–Trinajstić information content (AvgIpc) is 2.74. The summed E-state index contributed by atoms with van der Waals surface area (Å²) in [5, 5.41) is 5.93. The number of carbonyl (C=O) groups excluding carboxylic acids is 1. The van der Waals surface area contributed by atoms with Crippen molar-refractivity contribution in [3.63, 3.8) is 0 Å². The highest BCUT2D eigenvalue weighted by molar-refractivity contribution is 5.91. The highest BCUT2D eigenvalue weighted by Gasteiger charge is 2.09. The van der Waals surface area contributed by atoms with Crippen molar-refractivity contribution in [1.82, 2.24) is 4.98 Å². The van der Waals surface area contributed by atoms with E-state index >= 15 is 0 Å². The molecule has 3 aromatic rings. The fraction of sp³-hybridized carbons (Fsp3) is 0.182. The largest absolute Gasteiger partial charge is 0.493 e. The second kappa shape index (κ2) is 9.54. The number of methoxy groups -OCH3 is 2. The van der Waals surface area contributed by atoms with Gasteiger partial charge in [-0.1, -0.05) is 24.3 Å². The molecule has 0 bridgehead atoms. The van der Waals surface area contributed by atoms with Gasteiger partial charge < -0.3 is 20.1 Å². The summed E-state index contributed by atoms with van der Waals surface area (Å²) in [6.45, 7) is 0.570. The molecular weight excluding hydrogens is 373 g/mol. The van der Waals surface area contributed by atoms with Gasteiger partial charge >= 0.3 is 0 Å². The van der Waals surface area contributed by atoms with E-state index in [1.54, 1.807) is 44.7 Å². The van der Waals surface area contributed by atoms with Crippen molar-refractivity contribution in [2.45, 2.75) is 13.0 Å². The topological polar surface area (TPSA) is 72.5 Å². The number of pyridine rings is 1. The lowest BCUT2D eigenvalue weighted by molar-refractivity contribution is -0.115. The second-order valence-corrected chi connectivity index (χ2v) is 6.29. The van der Waals surface area contributed by atoms with Crippen LogP contribution in [0.25, 0.3) is 0 Å². The number of halogens is 1. The number of benzene rings is 2. The van der Waals surface area contributed by atoms with Crippen molar-refractivity contribution < 1.29 is 18.7 Å². The Balaban J connectivity index is 1.55. The lowest BCUT2D eigenvalue weighted by Crippen LogP contribution is -2.16. The van der Waals surface area contributed by atoms with Crippen molar-refractivity contribution in [1.29, 1.82) is 0 Å². The number of nitrogens with one attached hydrogen (secondary N) is 2. The number of ether oxygens (including phenoxy) is 2. The summed E-state index contributed by atoms with van der Waals surface area (Å²) in [7, 11) is 3.19. The molecule has 0 aliphatic carbocycles. The summed E-state index contributed by atoms with van der Waals surface area (Å²) in [6, 6.07) is 15.4. The number of rotatable bonds is 8. The van der Waals surface area contributed by atoms with E-state index in [4.69, 9.17) is 9.47 Å². The first-order chi connectivity index (χ1) is 14.1. The molecule has 0 unspecified atom stereocenters. The Hall–Kier alpha value is -3.61. The quantitative estimate of drug-likeness (QED) is 0.603. The van der Waals surface area contributed by atoms with E-state index in [9.17, 15) is 9.18 Å². The molecule has 3 rings (SSSR count). The molecule has 1 amide bonds. The van der Waals surface area contributed by atoms with Crippen LogP contribution in [0.4, 0.5) is 15.9 Å². The lowest BCUT2D eigenvalue weighted by atomic mass is 10.1. The van der Waals surface area contributed by atoms with Crippen LogP contribution in [0.2, 0.25) is 0 Å². The van der Waals surface area contributed by atoms with E-state index < -0.39 is 5.82 Å². The zero-order chi connectivity index (χ0) is 20.6. The van der Waals surface area contributed by atoms with Gasteiger partial charge in [-0.05, 0) is 41.5 Å². The van der Waals surface area contributed by atoms with Crippen LogP contribution < -0.4 is 20.1 Å². The van der Waals surface area contributed by atoms with Crippen molar-refractivity contribution in [3.8, 4) is 11.5 Å². The minimum atomic E-state index is -0.398. The number of nitrogens with zero attached hydrogens (tertiary/aromatic N) is 1. The van der Waals surface area contributed by atoms with Gasteiger partial charge in [-0.15, -0.1) is 0 Å². The number of amides is 1. The average molecular weight is 395 g/mol. The fourth-order valence-electron chi connectivity index (χ4n) is 2.77. The Labute approximate surface area is 168 Å². The van der Waals surface area contributed by atoms with E-state index in [0.717, 1.165) is 11.3 Å². The molecule has 2 N–H and O–H groups in total. The Kier molecular flexibility index (Phi) is 6.63. The molecule has 0 saturated heterocycles. The highest BCUT2D eigenvalue weighted by Crippen LogP contribution is 2.27. The normalized spacial score (nSPS) is 10.3. The van der Waals surface area contributed by atoms with E-state index in [1.807, 2.05) is 24.3 Å². The Bertz CT molecular complexity index is 977. The Morgan fingerprint density at radius 2 is 1.83 bits per heavy atom. The van der Waals surface area contributed by atoms with Crippen molar-refractivity contribution >= 4 is 17.4 Å². The first kappa shape index (κ1) is 20.1. The third kappa shape index (κ3) is 5.44. The minimum absolute atomic E-state index is 0.0480. The van der Waals surface area contributed by atoms with Gasteiger partial charge in [0.1, 0.15) is 11.6 Å². The molecule has 0 atom stereocenters. The predicted molar refractivity (Wildman–Crippen MR) is 110 cm³/mol.